The third-order valence-corrected chi connectivity index (χ3v) is 2.71. The summed E-state index contributed by atoms with van der Waals surface area (Å²) in [5.74, 6) is -2.09. The molecule has 0 spiro atoms. The summed E-state index contributed by atoms with van der Waals surface area (Å²) < 4.78 is 17.9. The fraction of sp³-hybridized carbons (Fsp3) is 0.364. The molecule has 0 amide bonds. The Morgan fingerprint density at radius 2 is 2.17 bits per heavy atom. The summed E-state index contributed by atoms with van der Waals surface area (Å²) in [5, 5.41) is 10.5. The third-order valence-electron chi connectivity index (χ3n) is 2.71. The molecule has 0 fully saturated rings. The van der Waals surface area contributed by atoms with Crippen LogP contribution in [0.5, 0.6) is 0 Å². The highest BCUT2D eigenvalue weighted by atomic mass is 19.1. The van der Waals surface area contributed by atoms with Crippen molar-refractivity contribution < 1.29 is 18.8 Å². The van der Waals surface area contributed by atoms with Crippen molar-refractivity contribution in [3.8, 4) is 0 Å². The van der Waals surface area contributed by atoms with Crippen LogP contribution in [0.3, 0.4) is 0 Å². The summed E-state index contributed by atoms with van der Waals surface area (Å²) in [6.45, 7) is 1.61. The molecule has 0 aliphatic carbocycles. The fourth-order valence-electron chi connectivity index (χ4n) is 1.50. The lowest BCUT2D eigenvalue weighted by atomic mass is 9.93. The van der Waals surface area contributed by atoms with E-state index in [1.807, 2.05) is 0 Å². The number of nitrogens with zero attached hydrogens (tertiary/aromatic N) is 1. The Kier molecular flexibility index (Phi) is 4.33. The SMILES string of the molecule is COC(=O)[C@H](N)[C@@H](C)c1ccc([N+](=O)[O-])c(F)c1. The van der Waals surface area contributed by atoms with Crippen LogP contribution in [0.4, 0.5) is 10.1 Å². The molecule has 0 aromatic heterocycles. The van der Waals surface area contributed by atoms with Gasteiger partial charge in [-0.1, -0.05) is 13.0 Å². The molecule has 0 aliphatic rings. The monoisotopic (exact) mass is 256 g/mol. The van der Waals surface area contributed by atoms with Gasteiger partial charge >= 0.3 is 11.7 Å². The second-order valence-electron chi connectivity index (χ2n) is 3.81. The zero-order valence-corrected chi connectivity index (χ0v) is 9.92. The molecule has 0 saturated heterocycles. The quantitative estimate of drug-likeness (QED) is 0.498. The van der Waals surface area contributed by atoms with E-state index < -0.39 is 34.4 Å². The van der Waals surface area contributed by atoms with Crippen molar-refractivity contribution in [3.05, 3.63) is 39.7 Å². The van der Waals surface area contributed by atoms with E-state index in [9.17, 15) is 19.3 Å². The molecule has 1 aromatic rings. The lowest BCUT2D eigenvalue weighted by Crippen LogP contribution is -2.36. The second kappa shape index (κ2) is 5.54. The molecule has 0 radical (unpaired) electrons. The molecule has 0 aliphatic heterocycles. The van der Waals surface area contributed by atoms with Crippen molar-refractivity contribution in [1.29, 1.82) is 0 Å². The van der Waals surface area contributed by atoms with E-state index in [0.717, 1.165) is 12.1 Å². The molecule has 1 rings (SSSR count). The number of nitro benzene ring substituents is 1. The van der Waals surface area contributed by atoms with E-state index in [1.54, 1.807) is 6.92 Å². The maximum Gasteiger partial charge on any atom is 0.323 e. The van der Waals surface area contributed by atoms with Gasteiger partial charge in [0.2, 0.25) is 5.82 Å². The molecule has 98 valence electrons. The van der Waals surface area contributed by atoms with Gasteiger partial charge < -0.3 is 10.5 Å². The van der Waals surface area contributed by atoms with Crippen LogP contribution in [-0.2, 0) is 9.53 Å². The number of methoxy groups -OCH3 is 1. The average molecular weight is 256 g/mol. The molecule has 0 bridgehead atoms. The number of halogens is 1. The molecule has 1 aromatic carbocycles. The molecule has 2 atom stereocenters. The van der Waals surface area contributed by atoms with Crippen molar-refractivity contribution in [2.24, 2.45) is 5.73 Å². The highest BCUT2D eigenvalue weighted by Gasteiger charge is 2.25. The summed E-state index contributed by atoms with van der Waals surface area (Å²) in [4.78, 5) is 20.9. The second-order valence-corrected chi connectivity index (χ2v) is 3.81. The first-order valence-corrected chi connectivity index (χ1v) is 5.15. The van der Waals surface area contributed by atoms with E-state index in [0.29, 0.717) is 5.56 Å². The lowest BCUT2D eigenvalue weighted by molar-refractivity contribution is -0.387. The van der Waals surface area contributed by atoms with Gasteiger partial charge in [0, 0.05) is 12.0 Å². The first-order valence-electron chi connectivity index (χ1n) is 5.15. The Morgan fingerprint density at radius 3 is 2.61 bits per heavy atom. The Hall–Kier alpha value is -2.02. The van der Waals surface area contributed by atoms with Crippen molar-refractivity contribution >= 4 is 11.7 Å². The van der Waals surface area contributed by atoms with Gasteiger partial charge in [-0.05, 0) is 11.6 Å². The van der Waals surface area contributed by atoms with Crippen LogP contribution in [0, 0.1) is 15.9 Å². The summed E-state index contributed by atoms with van der Waals surface area (Å²) in [5.41, 5.74) is 5.41. The van der Waals surface area contributed by atoms with Gasteiger partial charge in [-0.25, -0.2) is 0 Å². The topological polar surface area (TPSA) is 95.5 Å². The van der Waals surface area contributed by atoms with E-state index in [4.69, 9.17) is 5.73 Å². The summed E-state index contributed by atoms with van der Waals surface area (Å²) in [6.07, 6.45) is 0. The minimum Gasteiger partial charge on any atom is -0.468 e. The first-order chi connectivity index (χ1) is 8.38. The maximum absolute atomic E-state index is 13.4. The van der Waals surface area contributed by atoms with Crippen LogP contribution in [0.15, 0.2) is 18.2 Å². The number of esters is 1. The molecule has 0 unspecified atom stereocenters. The molecule has 0 heterocycles. The van der Waals surface area contributed by atoms with Crippen molar-refractivity contribution in [3.63, 3.8) is 0 Å². The van der Waals surface area contributed by atoms with Gasteiger partial charge in [-0.3, -0.25) is 14.9 Å². The Labute approximate surface area is 103 Å². The molecule has 0 saturated carbocycles. The molecule has 18 heavy (non-hydrogen) atoms. The number of nitro groups is 1. The summed E-state index contributed by atoms with van der Waals surface area (Å²) in [6, 6.07) is 2.47. The minimum atomic E-state index is -0.957. The number of carbonyl (C=O) groups excluding carboxylic acids is 1. The number of benzene rings is 1. The van der Waals surface area contributed by atoms with Gasteiger partial charge in [-0.2, -0.15) is 4.39 Å². The molecular formula is C11H13FN2O4. The zero-order valence-electron chi connectivity index (χ0n) is 9.92. The van der Waals surface area contributed by atoms with Gasteiger partial charge in [-0.15, -0.1) is 0 Å². The van der Waals surface area contributed by atoms with Crippen LogP contribution in [0.25, 0.3) is 0 Å². The standard InChI is InChI=1S/C11H13FN2O4/c1-6(10(13)11(15)18-2)7-3-4-9(14(16)17)8(12)5-7/h3-6,10H,13H2,1-2H3/t6-,10+/m0/s1. The van der Waals surface area contributed by atoms with Crippen LogP contribution in [-0.4, -0.2) is 24.0 Å². The number of hydrogen-bond acceptors (Lipinski definition) is 5. The van der Waals surface area contributed by atoms with E-state index in [2.05, 4.69) is 4.74 Å². The smallest absolute Gasteiger partial charge is 0.323 e. The predicted molar refractivity (Wildman–Crippen MR) is 61.5 cm³/mol. The first kappa shape index (κ1) is 14.0. The van der Waals surface area contributed by atoms with Crippen LogP contribution in [0.2, 0.25) is 0 Å². The largest absolute Gasteiger partial charge is 0.468 e. The molecular weight excluding hydrogens is 243 g/mol. The minimum absolute atomic E-state index is 0.399. The predicted octanol–water partition coefficient (Wildman–Crippen LogP) is 1.34. The number of rotatable bonds is 4. The normalized spacial score (nSPS) is 13.8. The number of ether oxygens (including phenoxy) is 1. The van der Waals surface area contributed by atoms with E-state index >= 15 is 0 Å². The van der Waals surface area contributed by atoms with E-state index in [1.165, 1.54) is 13.2 Å². The number of carbonyl (C=O) groups is 1. The maximum atomic E-state index is 13.4. The lowest BCUT2D eigenvalue weighted by Gasteiger charge is -2.17. The Balaban J connectivity index is 3.01. The number of hydrogen-bond donors (Lipinski definition) is 1. The fourth-order valence-corrected chi connectivity index (χ4v) is 1.50. The van der Waals surface area contributed by atoms with Crippen molar-refractivity contribution in [2.75, 3.05) is 7.11 Å². The third kappa shape index (κ3) is 2.80. The van der Waals surface area contributed by atoms with Crippen molar-refractivity contribution in [1.82, 2.24) is 0 Å². The molecule has 6 nitrogen and oxygen atoms in total. The van der Waals surface area contributed by atoms with Gasteiger partial charge in [0.1, 0.15) is 6.04 Å². The Bertz CT molecular complexity index is 478. The van der Waals surface area contributed by atoms with Gasteiger partial charge in [0.05, 0.1) is 12.0 Å². The molecule has 7 heteroatoms. The number of nitrogens with two attached hydrogens (primary N) is 1. The van der Waals surface area contributed by atoms with Crippen molar-refractivity contribution in [2.45, 2.75) is 18.9 Å². The van der Waals surface area contributed by atoms with Crippen LogP contribution in [0.1, 0.15) is 18.4 Å². The van der Waals surface area contributed by atoms with Crippen LogP contribution < -0.4 is 5.73 Å². The molecule has 2 N–H and O–H groups in total. The zero-order chi connectivity index (χ0) is 13.9. The van der Waals surface area contributed by atoms with Gasteiger partial charge in [0.25, 0.3) is 0 Å². The summed E-state index contributed by atoms with van der Waals surface area (Å²) in [7, 11) is 1.20. The van der Waals surface area contributed by atoms with Crippen LogP contribution >= 0.6 is 0 Å². The highest BCUT2D eigenvalue weighted by Crippen LogP contribution is 2.24. The Morgan fingerprint density at radius 1 is 1.56 bits per heavy atom. The van der Waals surface area contributed by atoms with Gasteiger partial charge in [0.15, 0.2) is 0 Å². The highest BCUT2D eigenvalue weighted by molar-refractivity contribution is 5.76. The summed E-state index contributed by atoms with van der Waals surface area (Å²) >= 11 is 0. The van der Waals surface area contributed by atoms with E-state index in [-0.39, 0.29) is 0 Å². The average Bonchev–Trinajstić information content (AvgIpc) is 2.35.